The summed E-state index contributed by atoms with van der Waals surface area (Å²) in [4.78, 5) is 26.3. The molecular formula is C23H23NO5S. The van der Waals surface area contributed by atoms with Crippen molar-refractivity contribution in [2.45, 2.75) is 20.0 Å². The topological polar surface area (TPSA) is 73.9 Å². The molecule has 1 heterocycles. The molecule has 0 bridgehead atoms. The first kappa shape index (κ1) is 21.4. The molecule has 0 aliphatic rings. The highest BCUT2D eigenvalue weighted by atomic mass is 32.1. The molecular weight excluding hydrogens is 402 g/mol. The minimum Gasteiger partial charge on any atom is -0.493 e. The minimum absolute atomic E-state index is 0.127. The van der Waals surface area contributed by atoms with E-state index in [0.717, 1.165) is 16.0 Å². The Kier molecular flexibility index (Phi) is 7.08. The summed E-state index contributed by atoms with van der Waals surface area (Å²) < 4.78 is 16.1. The Hall–Kier alpha value is -3.32. The van der Waals surface area contributed by atoms with Crippen LogP contribution in [0.15, 0.2) is 53.9 Å². The maximum Gasteiger partial charge on any atom is 0.340 e. The predicted molar refractivity (Wildman–Crippen MR) is 116 cm³/mol. The predicted octanol–water partition coefficient (Wildman–Crippen LogP) is 4.61. The number of methoxy groups -OCH3 is 2. The van der Waals surface area contributed by atoms with Crippen LogP contribution in [-0.2, 0) is 22.6 Å². The minimum atomic E-state index is -0.564. The van der Waals surface area contributed by atoms with Gasteiger partial charge in [0, 0.05) is 17.0 Å². The van der Waals surface area contributed by atoms with Crippen LogP contribution in [0.5, 0.6) is 11.5 Å². The number of hydrogen-bond donors (Lipinski definition) is 1. The molecule has 1 N–H and O–H groups in total. The molecule has 0 fully saturated rings. The Morgan fingerprint density at radius 2 is 1.73 bits per heavy atom. The van der Waals surface area contributed by atoms with Crippen molar-refractivity contribution in [3.63, 3.8) is 0 Å². The number of aryl methyl sites for hydroxylation is 1. The molecule has 156 valence electrons. The van der Waals surface area contributed by atoms with Gasteiger partial charge in [0.2, 0.25) is 5.91 Å². The Morgan fingerprint density at radius 3 is 2.40 bits per heavy atom. The fourth-order valence-corrected chi connectivity index (χ4v) is 3.61. The van der Waals surface area contributed by atoms with Crippen molar-refractivity contribution >= 4 is 28.9 Å². The van der Waals surface area contributed by atoms with Gasteiger partial charge < -0.3 is 19.5 Å². The third kappa shape index (κ3) is 5.18. The lowest BCUT2D eigenvalue weighted by molar-refractivity contribution is -0.115. The van der Waals surface area contributed by atoms with Gasteiger partial charge in [-0.1, -0.05) is 30.3 Å². The molecule has 3 aromatic rings. The fraction of sp³-hybridized carbons (Fsp3) is 0.217. The van der Waals surface area contributed by atoms with Crippen LogP contribution in [-0.4, -0.2) is 26.1 Å². The van der Waals surface area contributed by atoms with Crippen LogP contribution in [0.2, 0.25) is 0 Å². The third-order valence-electron chi connectivity index (χ3n) is 4.55. The highest BCUT2D eigenvalue weighted by Crippen LogP contribution is 2.34. The van der Waals surface area contributed by atoms with E-state index in [0.29, 0.717) is 17.2 Å². The summed E-state index contributed by atoms with van der Waals surface area (Å²) in [5.41, 5.74) is 2.45. The molecule has 0 saturated heterocycles. The van der Waals surface area contributed by atoms with Gasteiger partial charge in [-0.25, -0.2) is 4.79 Å². The Bertz CT molecular complexity index is 1030. The summed E-state index contributed by atoms with van der Waals surface area (Å²) in [5, 5.41) is 4.71. The first-order chi connectivity index (χ1) is 14.5. The smallest absolute Gasteiger partial charge is 0.340 e. The number of carbonyl (C=O) groups is 2. The molecule has 6 nitrogen and oxygen atoms in total. The quantitative estimate of drug-likeness (QED) is 0.534. The molecule has 0 atom stereocenters. The summed E-state index contributed by atoms with van der Waals surface area (Å²) >= 11 is 1.50. The van der Waals surface area contributed by atoms with Crippen molar-refractivity contribution in [1.82, 2.24) is 0 Å². The Labute approximate surface area is 179 Å². The van der Waals surface area contributed by atoms with Crippen molar-refractivity contribution in [2.75, 3.05) is 19.5 Å². The molecule has 2 aromatic carbocycles. The van der Waals surface area contributed by atoms with E-state index in [2.05, 4.69) is 5.32 Å². The highest BCUT2D eigenvalue weighted by Gasteiger charge is 2.20. The fourth-order valence-electron chi connectivity index (χ4n) is 2.91. The van der Waals surface area contributed by atoms with Crippen LogP contribution in [0.25, 0.3) is 0 Å². The first-order valence-corrected chi connectivity index (χ1v) is 10.2. The summed E-state index contributed by atoms with van der Waals surface area (Å²) in [6.45, 7) is 2.08. The van der Waals surface area contributed by atoms with E-state index in [4.69, 9.17) is 14.2 Å². The zero-order chi connectivity index (χ0) is 21.5. The molecule has 0 aliphatic heterocycles. The summed E-state index contributed by atoms with van der Waals surface area (Å²) in [6.07, 6.45) is 0.212. The van der Waals surface area contributed by atoms with E-state index in [9.17, 15) is 9.59 Å². The van der Waals surface area contributed by atoms with Gasteiger partial charge in [0.1, 0.15) is 6.61 Å². The number of ether oxygens (including phenoxy) is 3. The maximum absolute atomic E-state index is 12.8. The number of nitrogens with one attached hydrogen (secondary N) is 1. The van der Waals surface area contributed by atoms with Crippen LogP contribution in [0, 0.1) is 6.92 Å². The molecule has 1 aromatic heterocycles. The van der Waals surface area contributed by atoms with Crippen LogP contribution in [0.1, 0.15) is 26.4 Å². The Morgan fingerprint density at radius 1 is 1.00 bits per heavy atom. The van der Waals surface area contributed by atoms with E-state index in [1.165, 1.54) is 31.6 Å². The molecule has 0 radical (unpaired) electrons. The summed E-state index contributed by atoms with van der Waals surface area (Å²) in [5.74, 6) is -0.0285. The summed E-state index contributed by atoms with van der Waals surface area (Å²) in [7, 11) is 2.97. The molecule has 0 saturated carbocycles. The SMILES string of the molecule is COc1cc(NC(=O)Cc2cccs2)c(C(=O)OCc2ccccc2C)cc1OC. The standard InChI is InChI=1S/C23H23NO5S/c1-15-7-4-5-8-16(15)14-29-23(26)18-12-20(27-2)21(28-3)13-19(18)24-22(25)11-17-9-6-10-30-17/h4-10,12-13H,11,14H2,1-3H3,(H,24,25). The van der Waals surface area contributed by atoms with Gasteiger partial charge in [-0.2, -0.15) is 0 Å². The number of thiophene rings is 1. The van der Waals surface area contributed by atoms with Crippen LogP contribution in [0.4, 0.5) is 5.69 Å². The number of esters is 1. The van der Waals surface area contributed by atoms with Crippen molar-refractivity contribution in [2.24, 2.45) is 0 Å². The molecule has 7 heteroatoms. The van der Waals surface area contributed by atoms with E-state index >= 15 is 0 Å². The second-order valence-corrected chi connectivity index (χ2v) is 7.59. The number of benzene rings is 2. The number of hydrogen-bond acceptors (Lipinski definition) is 6. The molecule has 0 aliphatic carbocycles. The van der Waals surface area contributed by atoms with Crippen LogP contribution >= 0.6 is 11.3 Å². The highest BCUT2D eigenvalue weighted by molar-refractivity contribution is 7.10. The second-order valence-electron chi connectivity index (χ2n) is 6.56. The zero-order valence-electron chi connectivity index (χ0n) is 17.1. The van der Waals surface area contributed by atoms with Crippen molar-refractivity contribution < 1.29 is 23.8 Å². The lowest BCUT2D eigenvalue weighted by Crippen LogP contribution is -2.17. The zero-order valence-corrected chi connectivity index (χ0v) is 17.9. The van der Waals surface area contributed by atoms with Crippen LogP contribution in [0.3, 0.4) is 0 Å². The molecule has 0 unspecified atom stereocenters. The van der Waals surface area contributed by atoms with Crippen molar-refractivity contribution in [3.05, 3.63) is 75.5 Å². The molecule has 1 amide bonds. The molecule has 30 heavy (non-hydrogen) atoms. The van der Waals surface area contributed by atoms with Gasteiger partial charge in [0.15, 0.2) is 11.5 Å². The van der Waals surface area contributed by atoms with Gasteiger partial charge in [-0.3, -0.25) is 4.79 Å². The van der Waals surface area contributed by atoms with Gasteiger partial charge in [-0.15, -0.1) is 11.3 Å². The number of carbonyl (C=O) groups excluding carboxylic acids is 2. The van der Waals surface area contributed by atoms with Gasteiger partial charge in [0.25, 0.3) is 0 Å². The first-order valence-electron chi connectivity index (χ1n) is 9.31. The molecule has 0 spiro atoms. The van der Waals surface area contributed by atoms with E-state index in [1.54, 1.807) is 6.07 Å². The maximum atomic E-state index is 12.8. The molecule has 3 rings (SSSR count). The normalized spacial score (nSPS) is 10.4. The Balaban J connectivity index is 1.84. The van der Waals surface area contributed by atoms with Gasteiger partial charge in [0.05, 0.1) is 31.9 Å². The van der Waals surface area contributed by atoms with E-state index < -0.39 is 5.97 Å². The van der Waals surface area contributed by atoms with Crippen LogP contribution < -0.4 is 14.8 Å². The van der Waals surface area contributed by atoms with Crippen molar-refractivity contribution in [1.29, 1.82) is 0 Å². The van der Waals surface area contributed by atoms with Gasteiger partial charge >= 0.3 is 5.97 Å². The van der Waals surface area contributed by atoms with E-state index in [1.807, 2.05) is 48.7 Å². The van der Waals surface area contributed by atoms with Crippen molar-refractivity contribution in [3.8, 4) is 11.5 Å². The second kappa shape index (κ2) is 9.93. The largest absolute Gasteiger partial charge is 0.493 e. The average molecular weight is 426 g/mol. The lowest BCUT2D eigenvalue weighted by atomic mass is 10.1. The number of anilines is 1. The number of amides is 1. The monoisotopic (exact) mass is 425 g/mol. The summed E-state index contributed by atoms with van der Waals surface area (Å²) in [6, 6.07) is 14.5. The lowest BCUT2D eigenvalue weighted by Gasteiger charge is -2.15. The third-order valence-corrected chi connectivity index (χ3v) is 5.43. The number of rotatable bonds is 8. The average Bonchev–Trinajstić information content (AvgIpc) is 3.25. The van der Waals surface area contributed by atoms with Gasteiger partial charge in [-0.05, 0) is 29.5 Å². The van der Waals surface area contributed by atoms with E-state index in [-0.39, 0.29) is 24.5 Å².